The van der Waals surface area contributed by atoms with Crippen LogP contribution in [-0.2, 0) is 28.7 Å². The molecular formula is C16H13N3O6. The fourth-order valence-electron chi connectivity index (χ4n) is 2.56. The molecule has 9 nitrogen and oxygen atoms in total. The van der Waals surface area contributed by atoms with E-state index in [-0.39, 0.29) is 28.6 Å². The Bertz CT molecular complexity index is 818. The van der Waals surface area contributed by atoms with Gasteiger partial charge in [-0.1, -0.05) is 0 Å². The van der Waals surface area contributed by atoms with Crippen molar-refractivity contribution in [2.75, 3.05) is 29.8 Å². The van der Waals surface area contributed by atoms with E-state index in [0.717, 1.165) is 22.0 Å². The van der Waals surface area contributed by atoms with E-state index in [4.69, 9.17) is 15.2 Å². The molecule has 0 spiro atoms. The summed E-state index contributed by atoms with van der Waals surface area (Å²) in [6, 6.07) is 4.09. The van der Waals surface area contributed by atoms with Gasteiger partial charge in [0.15, 0.2) is 11.5 Å². The lowest BCUT2D eigenvalue weighted by Gasteiger charge is -2.20. The van der Waals surface area contributed by atoms with E-state index in [1.54, 1.807) is 0 Å². The molecule has 25 heavy (non-hydrogen) atoms. The minimum atomic E-state index is -0.668. The molecule has 2 aliphatic rings. The molecule has 0 aromatic heterocycles. The van der Waals surface area contributed by atoms with Gasteiger partial charge in [0.05, 0.1) is 37.7 Å². The molecule has 2 N–H and O–H groups in total. The largest absolute Gasteiger partial charge is 0.491 e. The number of carbonyl (C=O) groups excluding carboxylic acids is 4. The summed E-state index contributed by atoms with van der Waals surface area (Å²) in [5, 5.41) is 0. The Morgan fingerprint density at radius 1 is 0.760 bits per heavy atom. The number of ether oxygens (including phenoxy) is 2. The average Bonchev–Trinajstić information content (AvgIpc) is 3.01. The predicted molar refractivity (Wildman–Crippen MR) is 86.0 cm³/mol. The molecule has 1 aromatic rings. The lowest BCUT2D eigenvalue weighted by molar-refractivity contribution is -0.123. The second kappa shape index (κ2) is 5.78. The van der Waals surface area contributed by atoms with Crippen LogP contribution < -0.4 is 15.5 Å². The molecule has 0 aliphatic carbocycles. The van der Waals surface area contributed by atoms with Crippen molar-refractivity contribution in [3.05, 3.63) is 41.9 Å². The monoisotopic (exact) mass is 343 g/mol. The average molecular weight is 343 g/mol. The van der Waals surface area contributed by atoms with Crippen LogP contribution in [0.2, 0.25) is 0 Å². The summed E-state index contributed by atoms with van der Waals surface area (Å²) in [5.41, 5.74) is 6.20. The highest BCUT2D eigenvalue weighted by molar-refractivity contribution is 6.31. The third-order valence-corrected chi connectivity index (χ3v) is 3.66. The molecule has 0 radical (unpaired) electrons. The van der Waals surface area contributed by atoms with E-state index in [9.17, 15) is 19.2 Å². The van der Waals surface area contributed by atoms with Crippen LogP contribution in [0.15, 0.2) is 41.9 Å². The summed E-state index contributed by atoms with van der Waals surface area (Å²) < 4.78 is 9.69. The van der Waals surface area contributed by atoms with Crippen LogP contribution in [0.3, 0.4) is 0 Å². The Labute approximate surface area is 141 Å². The van der Waals surface area contributed by atoms with E-state index in [0.29, 0.717) is 0 Å². The van der Waals surface area contributed by atoms with Crippen molar-refractivity contribution in [3.8, 4) is 0 Å². The van der Waals surface area contributed by atoms with Crippen molar-refractivity contribution in [1.82, 2.24) is 0 Å². The third kappa shape index (κ3) is 2.51. The van der Waals surface area contributed by atoms with Gasteiger partial charge in [-0.2, -0.15) is 0 Å². The first kappa shape index (κ1) is 16.2. The number of amides is 4. The number of anilines is 3. The van der Waals surface area contributed by atoms with Crippen LogP contribution in [0.4, 0.5) is 17.1 Å². The van der Waals surface area contributed by atoms with Gasteiger partial charge in [-0.15, -0.1) is 0 Å². The number of methoxy groups -OCH3 is 2. The zero-order chi connectivity index (χ0) is 18.3. The molecule has 0 bridgehead atoms. The van der Waals surface area contributed by atoms with Crippen molar-refractivity contribution in [3.63, 3.8) is 0 Å². The number of benzene rings is 1. The van der Waals surface area contributed by atoms with Gasteiger partial charge in [0.1, 0.15) is 0 Å². The SMILES string of the molecule is COC1=CC(=O)N(c2cc(N)cc(N3C(=O)C=C(OC)C3=O)c2)C1=O. The summed E-state index contributed by atoms with van der Waals surface area (Å²) in [4.78, 5) is 50.2. The standard InChI is InChI=1S/C16H13N3O6/c1-24-11-6-13(20)18(15(11)22)9-3-8(17)4-10(5-9)19-14(21)7-12(25-2)16(19)23/h3-7H,17H2,1-2H3. The van der Waals surface area contributed by atoms with Gasteiger partial charge in [0.25, 0.3) is 11.8 Å². The molecule has 0 fully saturated rings. The smallest absolute Gasteiger partial charge is 0.300 e. The molecule has 0 unspecified atom stereocenters. The number of imide groups is 2. The topological polar surface area (TPSA) is 119 Å². The lowest BCUT2D eigenvalue weighted by atomic mass is 10.2. The summed E-state index contributed by atoms with van der Waals surface area (Å²) >= 11 is 0. The van der Waals surface area contributed by atoms with Crippen LogP contribution in [-0.4, -0.2) is 37.8 Å². The van der Waals surface area contributed by atoms with Crippen molar-refractivity contribution in [1.29, 1.82) is 0 Å². The minimum Gasteiger partial charge on any atom is -0.491 e. The second-order valence-corrected chi connectivity index (χ2v) is 5.17. The normalized spacial score (nSPS) is 17.2. The number of carbonyl (C=O) groups is 4. The summed E-state index contributed by atoms with van der Waals surface area (Å²) in [6.07, 6.45) is 2.09. The fraction of sp³-hybridized carbons (Fsp3) is 0.125. The Morgan fingerprint density at radius 2 is 1.16 bits per heavy atom. The fourth-order valence-corrected chi connectivity index (χ4v) is 2.56. The van der Waals surface area contributed by atoms with Gasteiger partial charge in [0.2, 0.25) is 0 Å². The Morgan fingerprint density at radius 3 is 1.48 bits per heavy atom. The molecule has 1 aromatic carbocycles. The van der Waals surface area contributed by atoms with Crippen LogP contribution in [0.5, 0.6) is 0 Å². The van der Waals surface area contributed by atoms with Crippen molar-refractivity contribution < 1.29 is 28.7 Å². The van der Waals surface area contributed by atoms with Gasteiger partial charge in [-0.3, -0.25) is 19.2 Å². The van der Waals surface area contributed by atoms with Crippen molar-refractivity contribution >= 4 is 40.7 Å². The number of nitrogen functional groups attached to an aromatic ring is 1. The second-order valence-electron chi connectivity index (χ2n) is 5.17. The van der Waals surface area contributed by atoms with E-state index in [1.807, 2.05) is 0 Å². The maximum absolute atomic E-state index is 12.2. The number of nitrogens with zero attached hydrogens (tertiary/aromatic N) is 2. The number of hydrogen-bond donors (Lipinski definition) is 1. The van der Waals surface area contributed by atoms with Gasteiger partial charge >= 0.3 is 11.8 Å². The van der Waals surface area contributed by atoms with Gasteiger partial charge in [-0.05, 0) is 18.2 Å². The quantitative estimate of drug-likeness (QED) is 0.607. The van der Waals surface area contributed by atoms with Crippen LogP contribution >= 0.6 is 0 Å². The molecule has 0 saturated heterocycles. The summed E-state index contributed by atoms with van der Waals surface area (Å²) in [6.45, 7) is 0. The highest BCUT2D eigenvalue weighted by atomic mass is 16.5. The molecule has 9 heteroatoms. The summed E-state index contributed by atoms with van der Waals surface area (Å²) in [5.74, 6) is -2.81. The molecular weight excluding hydrogens is 330 g/mol. The van der Waals surface area contributed by atoms with Crippen molar-refractivity contribution in [2.45, 2.75) is 0 Å². The molecule has 2 heterocycles. The third-order valence-electron chi connectivity index (χ3n) is 3.66. The maximum atomic E-state index is 12.2. The van der Waals surface area contributed by atoms with E-state index >= 15 is 0 Å². The van der Waals surface area contributed by atoms with E-state index in [1.165, 1.54) is 32.4 Å². The highest BCUT2D eigenvalue weighted by Crippen LogP contribution is 2.32. The summed E-state index contributed by atoms with van der Waals surface area (Å²) in [7, 11) is 2.54. The lowest BCUT2D eigenvalue weighted by Crippen LogP contribution is -2.33. The molecule has 4 amide bonds. The van der Waals surface area contributed by atoms with E-state index < -0.39 is 23.6 Å². The molecule has 3 rings (SSSR count). The maximum Gasteiger partial charge on any atom is 0.300 e. The molecule has 0 atom stereocenters. The van der Waals surface area contributed by atoms with Gasteiger partial charge in [-0.25, -0.2) is 9.80 Å². The number of hydrogen-bond acceptors (Lipinski definition) is 7. The van der Waals surface area contributed by atoms with Crippen LogP contribution in [0, 0.1) is 0 Å². The van der Waals surface area contributed by atoms with Crippen LogP contribution in [0.25, 0.3) is 0 Å². The van der Waals surface area contributed by atoms with E-state index in [2.05, 4.69) is 0 Å². The minimum absolute atomic E-state index is 0.111. The Kier molecular flexibility index (Phi) is 3.76. The molecule has 0 saturated carbocycles. The Hall–Kier alpha value is -3.62. The zero-order valence-electron chi connectivity index (χ0n) is 13.3. The molecule has 128 valence electrons. The highest BCUT2D eigenvalue weighted by Gasteiger charge is 2.36. The van der Waals surface area contributed by atoms with Crippen LogP contribution in [0.1, 0.15) is 0 Å². The predicted octanol–water partition coefficient (Wildman–Crippen LogP) is 0.0758. The number of rotatable bonds is 4. The first-order valence-electron chi connectivity index (χ1n) is 7.06. The Balaban J connectivity index is 2.01. The zero-order valence-corrected chi connectivity index (χ0v) is 13.3. The first-order chi connectivity index (χ1) is 11.9. The number of nitrogens with two attached hydrogens (primary N) is 1. The van der Waals surface area contributed by atoms with Gasteiger partial charge < -0.3 is 15.2 Å². The first-order valence-corrected chi connectivity index (χ1v) is 7.06. The van der Waals surface area contributed by atoms with Gasteiger partial charge in [0, 0.05) is 5.69 Å². The van der Waals surface area contributed by atoms with Crippen molar-refractivity contribution in [2.24, 2.45) is 0 Å². The molecule has 2 aliphatic heterocycles.